The molecule has 48 heavy (non-hydrogen) atoms. The van der Waals surface area contributed by atoms with Gasteiger partial charge >= 0.3 is 0 Å². The van der Waals surface area contributed by atoms with Crippen molar-refractivity contribution in [3.63, 3.8) is 0 Å². The van der Waals surface area contributed by atoms with Crippen LogP contribution in [0.15, 0.2) is 53.5 Å². The number of rotatable bonds is 7. The summed E-state index contributed by atoms with van der Waals surface area (Å²) >= 11 is 3.57. The molecule has 2 aliphatic heterocycles. The van der Waals surface area contributed by atoms with Gasteiger partial charge in [0.2, 0.25) is 5.95 Å². The van der Waals surface area contributed by atoms with Gasteiger partial charge in [-0.2, -0.15) is 10.1 Å². The highest BCUT2D eigenvalue weighted by atomic mass is 79.9. The van der Waals surface area contributed by atoms with E-state index in [1.807, 2.05) is 54.1 Å². The normalized spacial score (nSPS) is 18.3. The van der Waals surface area contributed by atoms with Crippen molar-refractivity contribution in [1.82, 2.24) is 34.6 Å². The van der Waals surface area contributed by atoms with Gasteiger partial charge in [0, 0.05) is 80.3 Å². The van der Waals surface area contributed by atoms with Gasteiger partial charge in [-0.25, -0.2) is 9.37 Å². The van der Waals surface area contributed by atoms with Crippen LogP contribution in [-0.4, -0.2) is 94.0 Å². The molecular formula is C33H37BrFN10O2P. The number of nitrogens with one attached hydrogen (secondary N) is 2. The predicted octanol–water partition coefficient (Wildman–Crippen LogP) is 5.73. The Morgan fingerprint density at radius 1 is 1.02 bits per heavy atom. The lowest BCUT2D eigenvalue weighted by atomic mass is 9.98. The SMILES string of the molecule is COc1cc2c(cc1Nc1ncc(Br)c(Nc3ccc4nccnc4c3P(C)(C)=O)n1)-c1cnn(C)c1CCN2[C@@H]1CCN(C)C[C@@H]1F. The van der Waals surface area contributed by atoms with Gasteiger partial charge in [-0.05, 0) is 60.9 Å². The standard InChI is InChI=1S/C33H37BrFN10O2P/c1-43-12-8-27(22(35)18-43)45-13-9-26-20(16-39-44(26)2)19-14-25(29(47-3)15-28(19)45)41-33-38-17-21(34)32(42-33)40-24-7-6-23-30(37-11-10-36-23)31(24)48(4,5)46/h6-7,10-11,14-17,22,27H,8-9,12-13,18H2,1-5H3,(H2,38,40,41,42)/t22-,27+/m0/s1. The summed E-state index contributed by atoms with van der Waals surface area (Å²) in [4.78, 5) is 22.5. The van der Waals surface area contributed by atoms with Crippen LogP contribution in [0.25, 0.3) is 22.2 Å². The van der Waals surface area contributed by atoms with Crippen molar-refractivity contribution in [3.8, 4) is 16.9 Å². The van der Waals surface area contributed by atoms with Crippen molar-refractivity contribution in [2.24, 2.45) is 7.05 Å². The third kappa shape index (κ3) is 6.01. The second-order valence-corrected chi connectivity index (χ2v) is 16.7. The average molecular weight is 736 g/mol. The average Bonchev–Trinajstić information content (AvgIpc) is 3.34. The van der Waals surface area contributed by atoms with Gasteiger partial charge in [0.1, 0.15) is 30.4 Å². The van der Waals surface area contributed by atoms with E-state index in [1.165, 1.54) is 0 Å². The molecule has 15 heteroatoms. The lowest BCUT2D eigenvalue weighted by Gasteiger charge is -2.41. The van der Waals surface area contributed by atoms with E-state index in [9.17, 15) is 4.57 Å². The van der Waals surface area contributed by atoms with Crippen LogP contribution in [0.5, 0.6) is 5.75 Å². The number of hydrogen-bond acceptors (Lipinski definition) is 11. The fourth-order valence-electron chi connectivity index (χ4n) is 6.79. The van der Waals surface area contributed by atoms with Crippen LogP contribution in [0.3, 0.4) is 0 Å². The molecule has 2 N–H and O–H groups in total. The fourth-order valence-corrected chi connectivity index (χ4v) is 8.47. The molecule has 0 aliphatic carbocycles. The number of ether oxygens (including phenoxy) is 1. The van der Waals surface area contributed by atoms with Crippen LogP contribution in [0.4, 0.5) is 33.2 Å². The van der Waals surface area contributed by atoms with Gasteiger partial charge in [0.15, 0.2) is 0 Å². The highest BCUT2D eigenvalue weighted by Crippen LogP contribution is 2.45. The summed E-state index contributed by atoms with van der Waals surface area (Å²) in [5, 5.41) is 11.9. The molecule has 0 amide bonds. The first kappa shape index (κ1) is 32.4. The van der Waals surface area contributed by atoms with E-state index in [0.29, 0.717) is 62.8 Å². The first-order chi connectivity index (χ1) is 23.0. The van der Waals surface area contributed by atoms with E-state index in [0.717, 1.165) is 41.9 Å². The Bertz CT molecular complexity index is 2070. The fraction of sp³-hybridized carbons (Fsp3) is 0.364. The molecule has 1 fully saturated rings. The highest BCUT2D eigenvalue weighted by molar-refractivity contribution is 9.10. The van der Waals surface area contributed by atoms with Crippen molar-refractivity contribution in [2.45, 2.75) is 25.1 Å². The van der Waals surface area contributed by atoms with Crippen molar-refractivity contribution in [1.29, 1.82) is 0 Å². The summed E-state index contributed by atoms with van der Waals surface area (Å²) in [6.07, 6.45) is 7.22. The number of anilines is 5. The van der Waals surface area contributed by atoms with E-state index < -0.39 is 13.3 Å². The van der Waals surface area contributed by atoms with Gasteiger partial charge in [-0.3, -0.25) is 14.6 Å². The van der Waals surface area contributed by atoms with Gasteiger partial charge in [0.05, 0.1) is 46.0 Å². The Kier molecular flexibility index (Phi) is 8.59. The van der Waals surface area contributed by atoms with E-state index in [-0.39, 0.29) is 6.04 Å². The van der Waals surface area contributed by atoms with Crippen LogP contribution in [0.1, 0.15) is 12.1 Å². The Morgan fingerprint density at radius 3 is 2.60 bits per heavy atom. The first-order valence-corrected chi connectivity index (χ1v) is 19.1. The van der Waals surface area contributed by atoms with E-state index >= 15 is 4.39 Å². The number of methoxy groups -OCH3 is 1. The summed E-state index contributed by atoms with van der Waals surface area (Å²) in [7, 11) is 2.74. The van der Waals surface area contributed by atoms with E-state index in [2.05, 4.69) is 51.5 Å². The Hall–Kier alpha value is -4.13. The highest BCUT2D eigenvalue weighted by Gasteiger charge is 2.36. The van der Waals surface area contributed by atoms with Crippen molar-refractivity contribution < 1.29 is 13.7 Å². The number of hydrogen-bond donors (Lipinski definition) is 2. The summed E-state index contributed by atoms with van der Waals surface area (Å²) in [6.45, 7) is 5.33. The van der Waals surface area contributed by atoms with E-state index in [4.69, 9.17) is 9.72 Å². The monoisotopic (exact) mass is 734 g/mol. The zero-order valence-corrected chi connectivity index (χ0v) is 29.9. The van der Waals surface area contributed by atoms with Crippen LogP contribution in [0.2, 0.25) is 0 Å². The molecule has 0 bridgehead atoms. The van der Waals surface area contributed by atoms with Gasteiger partial charge in [0.25, 0.3) is 0 Å². The summed E-state index contributed by atoms with van der Waals surface area (Å²) in [5.41, 5.74) is 6.44. The molecule has 2 aromatic carbocycles. The minimum Gasteiger partial charge on any atom is -0.494 e. The smallest absolute Gasteiger partial charge is 0.229 e. The third-order valence-electron chi connectivity index (χ3n) is 9.07. The molecular weight excluding hydrogens is 698 g/mol. The molecule has 0 radical (unpaired) electrons. The zero-order valence-electron chi connectivity index (χ0n) is 27.4. The topological polar surface area (TPSA) is 126 Å². The Balaban J connectivity index is 1.27. The largest absolute Gasteiger partial charge is 0.494 e. The molecule has 250 valence electrons. The number of piperidine rings is 1. The maximum Gasteiger partial charge on any atom is 0.229 e. The molecule has 2 atom stereocenters. The van der Waals surface area contributed by atoms with Crippen molar-refractivity contribution in [3.05, 3.63) is 59.2 Å². The quantitative estimate of drug-likeness (QED) is 0.199. The van der Waals surface area contributed by atoms with E-state index in [1.54, 1.807) is 39.0 Å². The first-order valence-electron chi connectivity index (χ1n) is 15.7. The number of fused-ring (bicyclic) bond motifs is 4. The van der Waals surface area contributed by atoms with Crippen molar-refractivity contribution in [2.75, 3.05) is 62.7 Å². The number of likely N-dealkylation sites (tertiary alicyclic amines) is 1. The molecule has 0 spiro atoms. The number of benzene rings is 2. The minimum atomic E-state index is -2.79. The molecule has 5 aromatic rings. The molecule has 12 nitrogen and oxygen atoms in total. The van der Waals surface area contributed by atoms with Crippen LogP contribution < -0.4 is 25.6 Å². The van der Waals surface area contributed by atoms with Crippen LogP contribution in [-0.2, 0) is 18.0 Å². The zero-order chi connectivity index (χ0) is 33.7. The van der Waals surface area contributed by atoms with Gasteiger partial charge < -0.3 is 29.7 Å². The number of nitrogens with zero attached hydrogens (tertiary/aromatic N) is 8. The maximum absolute atomic E-state index is 15.6. The lowest BCUT2D eigenvalue weighted by Crippen LogP contribution is -2.52. The van der Waals surface area contributed by atoms with Crippen molar-refractivity contribution >= 4 is 68.2 Å². The van der Waals surface area contributed by atoms with Crippen LogP contribution >= 0.6 is 23.1 Å². The summed E-state index contributed by atoms with van der Waals surface area (Å²) in [6, 6.07) is 7.42. The number of alkyl halides is 1. The number of aryl methyl sites for hydroxylation is 1. The molecule has 3 aromatic heterocycles. The molecule has 0 unspecified atom stereocenters. The summed E-state index contributed by atoms with van der Waals surface area (Å²) < 4.78 is 37.5. The molecule has 2 aliphatic rings. The van der Waals surface area contributed by atoms with Crippen LogP contribution in [0, 0.1) is 0 Å². The van der Waals surface area contributed by atoms with Gasteiger partial charge in [-0.15, -0.1) is 0 Å². The third-order valence-corrected chi connectivity index (χ3v) is 11.2. The Morgan fingerprint density at radius 2 is 1.83 bits per heavy atom. The number of aromatic nitrogens is 6. The lowest BCUT2D eigenvalue weighted by molar-refractivity contribution is 0.136. The molecule has 1 saturated heterocycles. The summed E-state index contributed by atoms with van der Waals surface area (Å²) in [5.74, 6) is 1.35. The molecule has 0 saturated carbocycles. The molecule has 7 rings (SSSR count). The predicted molar refractivity (Wildman–Crippen MR) is 192 cm³/mol. The second kappa shape index (κ2) is 12.7. The number of halogens is 2. The maximum atomic E-state index is 15.6. The second-order valence-electron chi connectivity index (χ2n) is 12.7. The molecule has 5 heterocycles. The minimum absolute atomic E-state index is 0.248. The Labute approximate surface area is 286 Å². The van der Waals surface area contributed by atoms with Gasteiger partial charge in [-0.1, -0.05) is 0 Å².